The Kier molecular flexibility index (Phi) is 2.88. The van der Waals surface area contributed by atoms with Crippen LogP contribution in [0.1, 0.15) is 24.6 Å². The molecule has 0 spiro atoms. The minimum absolute atomic E-state index is 0.0640. The largest absolute Gasteiger partial charge is 0.317 e. The standard InChI is InChI=1S/C14H17N3O/c1-17-13(10-6-8-15-9-7-10)16-12-5-3-2-4-11(12)14(17)18/h2-5,10,15H,6-9H2,1H3. The molecule has 0 aliphatic carbocycles. The Morgan fingerprint density at radius 3 is 2.78 bits per heavy atom. The first-order chi connectivity index (χ1) is 8.77. The van der Waals surface area contributed by atoms with Gasteiger partial charge in [0.1, 0.15) is 5.82 Å². The van der Waals surface area contributed by atoms with Gasteiger partial charge in [-0.05, 0) is 38.1 Å². The Balaban J connectivity index is 2.17. The first-order valence-electron chi connectivity index (χ1n) is 6.44. The van der Waals surface area contributed by atoms with Gasteiger partial charge in [-0.1, -0.05) is 12.1 Å². The van der Waals surface area contributed by atoms with Crippen molar-refractivity contribution in [1.82, 2.24) is 14.9 Å². The maximum Gasteiger partial charge on any atom is 0.261 e. The van der Waals surface area contributed by atoms with Crippen LogP contribution in [0.3, 0.4) is 0 Å². The molecule has 1 aliphatic rings. The van der Waals surface area contributed by atoms with E-state index in [2.05, 4.69) is 5.32 Å². The Morgan fingerprint density at radius 2 is 2.00 bits per heavy atom. The van der Waals surface area contributed by atoms with E-state index >= 15 is 0 Å². The van der Waals surface area contributed by atoms with Gasteiger partial charge in [0, 0.05) is 13.0 Å². The molecule has 0 atom stereocenters. The van der Waals surface area contributed by atoms with E-state index in [-0.39, 0.29) is 5.56 Å². The van der Waals surface area contributed by atoms with Gasteiger partial charge in [0.2, 0.25) is 0 Å². The minimum Gasteiger partial charge on any atom is -0.317 e. The Labute approximate surface area is 106 Å². The van der Waals surface area contributed by atoms with E-state index in [1.807, 2.05) is 31.3 Å². The van der Waals surface area contributed by atoms with E-state index in [4.69, 9.17) is 4.98 Å². The highest BCUT2D eigenvalue weighted by atomic mass is 16.1. The molecule has 0 amide bonds. The fraction of sp³-hybridized carbons (Fsp3) is 0.429. The highest BCUT2D eigenvalue weighted by Gasteiger charge is 2.20. The van der Waals surface area contributed by atoms with Crippen LogP contribution in [0.2, 0.25) is 0 Å². The maximum atomic E-state index is 12.3. The Hall–Kier alpha value is -1.68. The molecule has 4 heteroatoms. The average molecular weight is 243 g/mol. The van der Waals surface area contributed by atoms with Crippen molar-refractivity contribution in [2.75, 3.05) is 13.1 Å². The van der Waals surface area contributed by atoms with Crippen molar-refractivity contribution in [3.63, 3.8) is 0 Å². The van der Waals surface area contributed by atoms with E-state index < -0.39 is 0 Å². The summed E-state index contributed by atoms with van der Waals surface area (Å²) in [7, 11) is 1.83. The van der Waals surface area contributed by atoms with Crippen LogP contribution in [0.15, 0.2) is 29.1 Å². The molecule has 2 heterocycles. The van der Waals surface area contributed by atoms with Gasteiger partial charge >= 0.3 is 0 Å². The summed E-state index contributed by atoms with van der Waals surface area (Å²) in [6.45, 7) is 2.01. The Bertz CT molecular complexity index is 626. The molecule has 94 valence electrons. The number of rotatable bonds is 1. The topological polar surface area (TPSA) is 46.9 Å². The zero-order chi connectivity index (χ0) is 12.5. The predicted molar refractivity (Wildman–Crippen MR) is 71.8 cm³/mol. The van der Waals surface area contributed by atoms with Gasteiger partial charge < -0.3 is 5.32 Å². The third-order valence-corrected chi connectivity index (χ3v) is 3.72. The van der Waals surface area contributed by atoms with E-state index in [1.165, 1.54) is 0 Å². The van der Waals surface area contributed by atoms with E-state index in [0.717, 1.165) is 37.3 Å². The number of nitrogens with zero attached hydrogens (tertiary/aromatic N) is 2. The number of hydrogen-bond donors (Lipinski definition) is 1. The fourth-order valence-electron chi connectivity index (χ4n) is 2.68. The molecule has 1 N–H and O–H groups in total. The normalized spacial score (nSPS) is 17.2. The number of piperidine rings is 1. The van der Waals surface area contributed by atoms with E-state index in [9.17, 15) is 4.79 Å². The van der Waals surface area contributed by atoms with Crippen LogP contribution in [-0.2, 0) is 7.05 Å². The number of benzene rings is 1. The molecule has 1 fully saturated rings. The summed E-state index contributed by atoms with van der Waals surface area (Å²) in [6, 6.07) is 7.58. The molecule has 3 rings (SSSR count). The van der Waals surface area contributed by atoms with Gasteiger partial charge in [0.05, 0.1) is 10.9 Å². The lowest BCUT2D eigenvalue weighted by Gasteiger charge is -2.23. The van der Waals surface area contributed by atoms with Gasteiger partial charge in [0.25, 0.3) is 5.56 Å². The molecule has 18 heavy (non-hydrogen) atoms. The Morgan fingerprint density at radius 1 is 1.28 bits per heavy atom. The summed E-state index contributed by atoms with van der Waals surface area (Å²) >= 11 is 0. The fourth-order valence-corrected chi connectivity index (χ4v) is 2.68. The van der Waals surface area contributed by atoms with Crippen LogP contribution in [0.5, 0.6) is 0 Å². The second kappa shape index (κ2) is 4.53. The lowest BCUT2D eigenvalue weighted by Crippen LogP contribution is -2.31. The molecule has 4 nitrogen and oxygen atoms in total. The summed E-state index contributed by atoms with van der Waals surface area (Å²) in [5.74, 6) is 1.33. The predicted octanol–water partition coefficient (Wildman–Crippen LogP) is 1.40. The molecular weight excluding hydrogens is 226 g/mol. The molecule has 0 bridgehead atoms. The van der Waals surface area contributed by atoms with E-state index in [0.29, 0.717) is 11.3 Å². The quantitative estimate of drug-likeness (QED) is 0.823. The lowest BCUT2D eigenvalue weighted by molar-refractivity contribution is 0.433. The van der Waals surface area contributed by atoms with Crippen molar-refractivity contribution in [3.8, 4) is 0 Å². The molecular formula is C14H17N3O. The molecule has 2 aromatic rings. The molecule has 1 aromatic heterocycles. The van der Waals surface area contributed by atoms with Crippen LogP contribution < -0.4 is 10.9 Å². The van der Waals surface area contributed by atoms with Crippen molar-refractivity contribution in [2.45, 2.75) is 18.8 Å². The third kappa shape index (κ3) is 1.82. The molecule has 1 aliphatic heterocycles. The molecule has 1 saturated heterocycles. The summed E-state index contributed by atoms with van der Waals surface area (Å²) in [5, 5.41) is 4.05. The van der Waals surface area contributed by atoms with Crippen molar-refractivity contribution >= 4 is 10.9 Å². The van der Waals surface area contributed by atoms with Crippen LogP contribution >= 0.6 is 0 Å². The van der Waals surface area contributed by atoms with E-state index in [1.54, 1.807) is 4.57 Å². The summed E-state index contributed by atoms with van der Waals surface area (Å²) < 4.78 is 1.72. The first-order valence-corrected chi connectivity index (χ1v) is 6.44. The van der Waals surface area contributed by atoms with Crippen LogP contribution in [-0.4, -0.2) is 22.6 Å². The number of fused-ring (bicyclic) bond motifs is 1. The minimum atomic E-state index is 0.0640. The third-order valence-electron chi connectivity index (χ3n) is 3.72. The number of para-hydroxylation sites is 1. The second-order valence-corrected chi connectivity index (χ2v) is 4.88. The van der Waals surface area contributed by atoms with Gasteiger partial charge in [-0.15, -0.1) is 0 Å². The zero-order valence-electron chi connectivity index (χ0n) is 10.5. The molecule has 0 unspecified atom stereocenters. The van der Waals surface area contributed by atoms with Crippen LogP contribution in [0, 0.1) is 0 Å². The van der Waals surface area contributed by atoms with Crippen molar-refractivity contribution in [1.29, 1.82) is 0 Å². The van der Waals surface area contributed by atoms with Gasteiger partial charge in [-0.2, -0.15) is 0 Å². The van der Waals surface area contributed by atoms with Gasteiger partial charge in [-0.3, -0.25) is 9.36 Å². The summed E-state index contributed by atoms with van der Waals surface area (Å²) in [5.41, 5.74) is 0.878. The van der Waals surface area contributed by atoms with Crippen molar-refractivity contribution in [3.05, 3.63) is 40.4 Å². The molecule has 1 aromatic carbocycles. The maximum absolute atomic E-state index is 12.3. The van der Waals surface area contributed by atoms with Crippen molar-refractivity contribution in [2.24, 2.45) is 7.05 Å². The summed E-state index contributed by atoms with van der Waals surface area (Å²) in [6.07, 6.45) is 2.11. The summed E-state index contributed by atoms with van der Waals surface area (Å²) in [4.78, 5) is 17.0. The highest BCUT2D eigenvalue weighted by Crippen LogP contribution is 2.23. The number of hydrogen-bond acceptors (Lipinski definition) is 3. The number of nitrogens with one attached hydrogen (secondary N) is 1. The smallest absolute Gasteiger partial charge is 0.261 e. The van der Waals surface area contributed by atoms with Crippen LogP contribution in [0.25, 0.3) is 10.9 Å². The van der Waals surface area contributed by atoms with Gasteiger partial charge in [-0.25, -0.2) is 4.98 Å². The second-order valence-electron chi connectivity index (χ2n) is 4.88. The van der Waals surface area contributed by atoms with Gasteiger partial charge in [0.15, 0.2) is 0 Å². The first kappa shape index (κ1) is 11.4. The van der Waals surface area contributed by atoms with Crippen LogP contribution in [0.4, 0.5) is 0 Å². The molecule has 0 radical (unpaired) electrons. The molecule has 0 saturated carbocycles. The zero-order valence-corrected chi connectivity index (χ0v) is 10.5. The lowest BCUT2D eigenvalue weighted by atomic mass is 9.97. The number of aromatic nitrogens is 2. The SMILES string of the molecule is Cn1c(C2CCNCC2)nc2ccccc2c1=O. The monoisotopic (exact) mass is 243 g/mol. The highest BCUT2D eigenvalue weighted by molar-refractivity contribution is 5.77. The van der Waals surface area contributed by atoms with Crippen molar-refractivity contribution < 1.29 is 0 Å². The average Bonchev–Trinajstić information content (AvgIpc) is 2.44.